The highest BCUT2D eigenvalue weighted by Gasteiger charge is 2.34. The first kappa shape index (κ1) is 11.6. The van der Waals surface area contributed by atoms with Gasteiger partial charge >= 0.3 is 0 Å². The van der Waals surface area contributed by atoms with Gasteiger partial charge in [0.15, 0.2) is 5.78 Å². The van der Waals surface area contributed by atoms with Crippen molar-refractivity contribution in [1.82, 2.24) is 5.32 Å². The maximum atomic E-state index is 12.3. The maximum absolute atomic E-state index is 12.3. The van der Waals surface area contributed by atoms with Gasteiger partial charge in [0.2, 0.25) is 0 Å². The van der Waals surface area contributed by atoms with Gasteiger partial charge in [-0.05, 0) is 11.5 Å². The zero-order valence-corrected chi connectivity index (χ0v) is 10.9. The number of nitrogens with zero attached hydrogens (tertiary/aromatic N) is 1. The normalized spacial score (nSPS) is 21.3. The number of hydrogen-bond acceptors (Lipinski definition) is 4. The topological polar surface area (TPSA) is 61.7 Å². The Morgan fingerprint density at radius 3 is 3.05 bits per heavy atom. The number of phenolic OH excluding ortho intramolecular Hbond substituents is 1. The number of nitrogens with one attached hydrogen (secondary N) is 1. The molecule has 1 atom stereocenters. The number of fused-ring (bicyclic) bond motifs is 4. The quantitative estimate of drug-likeness (QED) is 0.765. The van der Waals surface area contributed by atoms with Crippen LogP contribution >= 0.6 is 0 Å². The average Bonchev–Trinajstić information content (AvgIpc) is 2.48. The van der Waals surface area contributed by atoms with Gasteiger partial charge in [0.05, 0.1) is 23.9 Å². The maximum Gasteiger partial charge on any atom is 0.165 e. The molecule has 1 aliphatic carbocycles. The number of Topliss-reactive ketones (excluding diaryl/α,β-unsaturated/α-hetero) is 1. The first-order valence-electron chi connectivity index (χ1n) is 6.81. The Hall–Kier alpha value is -2.20. The standard InChI is InChI=1S/C16H14N2O2/c19-13-8-12-15(18-6-5-17-12)14-11(13)7-9-3-1-2-4-10(9)16(14)20/h1-4,7,12,17,20H,5-6,8H2. The van der Waals surface area contributed by atoms with Gasteiger partial charge < -0.3 is 10.4 Å². The van der Waals surface area contributed by atoms with Crippen LogP contribution in [0.15, 0.2) is 35.3 Å². The van der Waals surface area contributed by atoms with Crippen molar-refractivity contribution in [2.24, 2.45) is 4.99 Å². The minimum Gasteiger partial charge on any atom is -0.507 e. The summed E-state index contributed by atoms with van der Waals surface area (Å²) in [4.78, 5) is 16.9. The third-order valence-corrected chi connectivity index (χ3v) is 4.08. The highest BCUT2D eigenvalue weighted by Crippen LogP contribution is 2.36. The van der Waals surface area contributed by atoms with Crippen molar-refractivity contribution in [3.05, 3.63) is 41.5 Å². The van der Waals surface area contributed by atoms with Crippen molar-refractivity contribution in [2.75, 3.05) is 13.1 Å². The second kappa shape index (κ2) is 4.15. The number of aliphatic imine (C=N–C) groups is 1. The summed E-state index contributed by atoms with van der Waals surface area (Å²) in [7, 11) is 0. The van der Waals surface area contributed by atoms with Gasteiger partial charge in [-0.2, -0.15) is 0 Å². The zero-order valence-electron chi connectivity index (χ0n) is 10.9. The van der Waals surface area contributed by atoms with E-state index in [0.29, 0.717) is 24.1 Å². The van der Waals surface area contributed by atoms with Crippen molar-refractivity contribution >= 4 is 22.3 Å². The Balaban J connectivity index is 2.08. The molecular weight excluding hydrogens is 252 g/mol. The van der Waals surface area contributed by atoms with E-state index in [2.05, 4.69) is 10.3 Å². The third kappa shape index (κ3) is 1.51. The van der Waals surface area contributed by atoms with Crippen LogP contribution in [0.3, 0.4) is 0 Å². The van der Waals surface area contributed by atoms with E-state index >= 15 is 0 Å². The van der Waals surface area contributed by atoms with Gasteiger partial charge in [0.1, 0.15) is 5.75 Å². The highest BCUT2D eigenvalue weighted by molar-refractivity contribution is 6.22. The van der Waals surface area contributed by atoms with Crippen LogP contribution in [0.2, 0.25) is 0 Å². The van der Waals surface area contributed by atoms with E-state index in [-0.39, 0.29) is 17.6 Å². The molecule has 1 unspecified atom stereocenters. The summed E-state index contributed by atoms with van der Waals surface area (Å²) in [6.07, 6.45) is 0.420. The van der Waals surface area contributed by atoms with Gasteiger partial charge in [-0.25, -0.2) is 0 Å². The number of ketones is 1. The Kier molecular flexibility index (Phi) is 2.41. The monoisotopic (exact) mass is 266 g/mol. The number of carbonyl (C=O) groups is 1. The van der Waals surface area contributed by atoms with Crippen LogP contribution in [0, 0.1) is 0 Å². The smallest absolute Gasteiger partial charge is 0.165 e. The summed E-state index contributed by atoms with van der Waals surface area (Å²) in [6, 6.07) is 9.39. The number of carbonyl (C=O) groups excluding carboxylic acids is 1. The average molecular weight is 266 g/mol. The van der Waals surface area contributed by atoms with Crippen molar-refractivity contribution in [3.63, 3.8) is 0 Å². The summed E-state index contributed by atoms with van der Waals surface area (Å²) in [5.74, 6) is 0.248. The number of rotatable bonds is 0. The molecule has 0 saturated heterocycles. The predicted octanol–water partition coefficient (Wildman–Crippen LogP) is 1.89. The summed E-state index contributed by atoms with van der Waals surface area (Å²) in [5.41, 5.74) is 2.05. The molecule has 2 aliphatic rings. The molecule has 2 N–H and O–H groups in total. The Labute approximate surface area is 116 Å². The molecule has 0 amide bonds. The first-order chi connectivity index (χ1) is 9.75. The summed E-state index contributed by atoms with van der Waals surface area (Å²) in [5, 5.41) is 15.6. The molecule has 0 radical (unpaired) electrons. The lowest BCUT2D eigenvalue weighted by atomic mass is 9.82. The van der Waals surface area contributed by atoms with Gasteiger partial charge in [-0.1, -0.05) is 24.3 Å². The summed E-state index contributed by atoms with van der Waals surface area (Å²) >= 11 is 0. The minimum absolute atomic E-state index is 0.0594. The number of phenols is 1. The highest BCUT2D eigenvalue weighted by atomic mass is 16.3. The lowest BCUT2D eigenvalue weighted by Crippen LogP contribution is -2.47. The van der Waals surface area contributed by atoms with Crippen LogP contribution < -0.4 is 5.32 Å². The molecular formula is C16H14N2O2. The van der Waals surface area contributed by atoms with Crippen molar-refractivity contribution in [3.8, 4) is 5.75 Å². The van der Waals surface area contributed by atoms with E-state index in [1.807, 2.05) is 30.3 Å². The molecule has 2 aromatic rings. The van der Waals surface area contributed by atoms with E-state index in [0.717, 1.165) is 23.0 Å². The second-order valence-corrected chi connectivity index (χ2v) is 5.27. The van der Waals surface area contributed by atoms with Crippen LogP contribution in [-0.2, 0) is 0 Å². The summed E-state index contributed by atoms with van der Waals surface area (Å²) < 4.78 is 0. The number of hydrogen-bond donors (Lipinski definition) is 2. The van der Waals surface area contributed by atoms with Crippen LogP contribution in [0.25, 0.3) is 10.8 Å². The van der Waals surface area contributed by atoms with E-state index in [9.17, 15) is 9.90 Å². The van der Waals surface area contributed by atoms with Gasteiger partial charge in [-0.15, -0.1) is 0 Å². The molecule has 100 valence electrons. The van der Waals surface area contributed by atoms with Gasteiger partial charge in [0, 0.05) is 23.9 Å². The third-order valence-electron chi connectivity index (χ3n) is 4.08. The second-order valence-electron chi connectivity index (χ2n) is 5.27. The lowest BCUT2D eigenvalue weighted by molar-refractivity contribution is 0.0972. The van der Waals surface area contributed by atoms with Crippen molar-refractivity contribution in [2.45, 2.75) is 12.5 Å². The van der Waals surface area contributed by atoms with Gasteiger partial charge in [0.25, 0.3) is 0 Å². The Morgan fingerprint density at radius 1 is 1.30 bits per heavy atom. The van der Waals surface area contributed by atoms with E-state index in [1.54, 1.807) is 0 Å². The van der Waals surface area contributed by atoms with E-state index in [4.69, 9.17) is 0 Å². The van der Waals surface area contributed by atoms with E-state index in [1.165, 1.54) is 0 Å². The molecule has 4 rings (SSSR count). The molecule has 4 heteroatoms. The molecule has 0 saturated carbocycles. The van der Waals surface area contributed by atoms with Crippen LogP contribution in [-0.4, -0.2) is 35.7 Å². The first-order valence-corrected chi connectivity index (χ1v) is 6.81. The van der Waals surface area contributed by atoms with Crippen LogP contribution in [0.1, 0.15) is 22.3 Å². The fourth-order valence-electron chi connectivity index (χ4n) is 3.15. The molecule has 1 heterocycles. The minimum atomic E-state index is -0.0594. The van der Waals surface area contributed by atoms with Crippen molar-refractivity contribution < 1.29 is 9.90 Å². The molecule has 4 nitrogen and oxygen atoms in total. The molecule has 20 heavy (non-hydrogen) atoms. The SMILES string of the molecule is O=C1CC2NCCN=C2c2c1cc1ccccc1c2O. The van der Waals surface area contributed by atoms with Gasteiger partial charge in [-0.3, -0.25) is 9.79 Å². The molecule has 0 fully saturated rings. The Bertz CT molecular complexity index is 764. The fourth-order valence-corrected chi connectivity index (χ4v) is 3.15. The lowest BCUT2D eigenvalue weighted by Gasteiger charge is -2.30. The van der Waals surface area contributed by atoms with E-state index < -0.39 is 0 Å². The molecule has 2 aromatic carbocycles. The molecule has 0 spiro atoms. The number of benzene rings is 2. The van der Waals surface area contributed by atoms with Crippen LogP contribution in [0.4, 0.5) is 0 Å². The largest absolute Gasteiger partial charge is 0.507 e. The summed E-state index contributed by atoms with van der Waals surface area (Å²) in [6.45, 7) is 1.47. The Morgan fingerprint density at radius 2 is 2.15 bits per heavy atom. The zero-order chi connectivity index (χ0) is 13.7. The van der Waals surface area contributed by atoms with Crippen LogP contribution in [0.5, 0.6) is 5.75 Å². The molecule has 0 bridgehead atoms. The molecule has 1 aliphatic heterocycles. The molecule has 0 aromatic heterocycles. The number of aromatic hydroxyl groups is 1. The predicted molar refractivity (Wildman–Crippen MR) is 77.8 cm³/mol. The fraction of sp³-hybridized carbons (Fsp3) is 0.250. The van der Waals surface area contributed by atoms with Crippen molar-refractivity contribution in [1.29, 1.82) is 0 Å².